The first kappa shape index (κ1) is 25.4. The number of rotatable bonds is 0. The number of hydrogen-bond donors (Lipinski definition) is 0. The fourth-order valence-corrected chi connectivity index (χ4v) is 9.75. The molecule has 8 aromatic carbocycles. The average molecular weight is 631 g/mol. The van der Waals surface area contributed by atoms with Crippen molar-refractivity contribution in [2.24, 2.45) is 0 Å². The van der Waals surface area contributed by atoms with Crippen LogP contribution in [-0.4, -0.2) is 8.80 Å². The molecule has 0 saturated carbocycles. The van der Waals surface area contributed by atoms with Gasteiger partial charge in [-0.3, -0.25) is 0 Å². The van der Waals surface area contributed by atoms with Crippen molar-refractivity contribution in [1.82, 2.24) is 8.80 Å². The molecule has 2 heteroatoms. The van der Waals surface area contributed by atoms with Gasteiger partial charge < -0.3 is 8.80 Å². The van der Waals surface area contributed by atoms with Gasteiger partial charge in [0.2, 0.25) is 0 Å². The summed E-state index contributed by atoms with van der Waals surface area (Å²) in [5.41, 5.74) is 17.9. The van der Waals surface area contributed by atoms with E-state index in [4.69, 9.17) is 0 Å². The molecule has 0 spiro atoms. The molecule has 0 aliphatic heterocycles. The Balaban J connectivity index is 1.23. The second-order valence-electron chi connectivity index (χ2n) is 14.0. The van der Waals surface area contributed by atoms with E-state index in [2.05, 4.69) is 167 Å². The highest BCUT2D eigenvalue weighted by Gasteiger charge is 2.26. The third-order valence-electron chi connectivity index (χ3n) is 11.7. The minimum Gasteiger partial charge on any atom is -0.308 e. The molecule has 1 aliphatic rings. The summed E-state index contributed by atoms with van der Waals surface area (Å²) in [6, 6.07) is 59.2. The van der Waals surface area contributed by atoms with E-state index < -0.39 is 0 Å². The lowest BCUT2D eigenvalue weighted by molar-refractivity contribution is 1.35. The van der Waals surface area contributed by atoms with E-state index in [-0.39, 0.29) is 0 Å². The van der Waals surface area contributed by atoms with E-state index >= 15 is 0 Å². The normalized spacial score (nSPS) is 12.8. The zero-order valence-corrected chi connectivity index (χ0v) is 26.9. The lowest BCUT2D eigenvalue weighted by Crippen LogP contribution is -1.97. The standard InChI is InChI=1S/C48H26N2/c1-2-12-28-27(11-1)29-13-3-5-15-31(29)38-23-40-35-20-10-21-37-42-24-41-36-19-9-18-34-33-17-7-8-22-43(33)49(47(34)36)45(41)26-46(42)50(48(35)37)44(40)25-39(38)32-16-6-4-14-30(28)32/h1-26H. The maximum Gasteiger partial charge on any atom is 0.0620 e. The van der Waals surface area contributed by atoms with Gasteiger partial charge in [0.05, 0.1) is 33.1 Å². The van der Waals surface area contributed by atoms with Crippen LogP contribution in [0.2, 0.25) is 0 Å². The maximum absolute atomic E-state index is 2.56. The number of para-hydroxylation sites is 3. The Morgan fingerprint density at radius 3 is 1.12 bits per heavy atom. The monoisotopic (exact) mass is 630 g/mol. The van der Waals surface area contributed by atoms with Crippen molar-refractivity contribution in [3.8, 4) is 44.5 Å². The van der Waals surface area contributed by atoms with E-state index in [1.54, 1.807) is 0 Å². The first-order chi connectivity index (χ1) is 24.8. The highest BCUT2D eigenvalue weighted by atomic mass is 14.9. The van der Waals surface area contributed by atoms with E-state index in [0.29, 0.717) is 0 Å². The number of nitrogens with zero attached hydrogens (tertiary/aromatic N) is 2. The number of fused-ring (bicyclic) bond motifs is 20. The van der Waals surface area contributed by atoms with Crippen LogP contribution in [0.5, 0.6) is 0 Å². The average Bonchev–Trinajstić information content (AvgIpc) is 3.89. The van der Waals surface area contributed by atoms with Crippen LogP contribution in [0.4, 0.5) is 0 Å². The molecule has 0 radical (unpaired) electrons. The van der Waals surface area contributed by atoms with Gasteiger partial charge in [-0.05, 0) is 74.8 Å². The smallest absolute Gasteiger partial charge is 0.0620 e. The maximum atomic E-state index is 2.56. The molecular weight excluding hydrogens is 605 g/mol. The van der Waals surface area contributed by atoms with Gasteiger partial charge in [-0.2, -0.15) is 0 Å². The molecule has 228 valence electrons. The Kier molecular flexibility index (Phi) is 4.41. The third-order valence-corrected chi connectivity index (χ3v) is 11.7. The van der Waals surface area contributed by atoms with E-state index in [0.717, 1.165) is 0 Å². The Morgan fingerprint density at radius 1 is 0.220 bits per heavy atom. The summed E-state index contributed by atoms with van der Waals surface area (Å²) in [4.78, 5) is 0. The molecule has 4 aromatic heterocycles. The van der Waals surface area contributed by atoms with E-state index in [1.807, 2.05) is 0 Å². The van der Waals surface area contributed by atoms with Gasteiger partial charge in [-0.25, -0.2) is 0 Å². The number of aromatic nitrogens is 2. The van der Waals surface area contributed by atoms with Gasteiger partial charge in [0.1, 0.15) is 0 Å². The molecule has 0 amide bonds. The molecule has 0 bridgehead atoms. The van der Waals surface area contributed by atoms with Crippen molar-refractivity contribution < 1.29 is 0 Å². The summed E-state index contributed by atoms with van der Waals surface area (Å²) in [5, 5.41) is 10.5. The Labute approximate surface area is 286 Å². The lowest BCUT2D eigenvalue weighted by Gasteiger charge is -2.23. The number of hydrogen-bond acceptors (Lipinski definition) is 0. The van der Waals surface area contributed by atoms with Crippen molar-refractivity contribution >= 4 is 76.2 Å². The van der Waals surface area contributed by atoms with Gasteiger partial charge in [0.25, 0.3) is 0 Å². The first-order valence-corrected chi connectivity index (χ1v) is 17.4. The highest BCUT2D eigenvalue weighted by molar-refractivity contribution is 6.29. The first-order valence-electron chi connectivity index (χ1n) is 17.4. The largest absolute Gasteiger partial charge is 0.308 e. The molecule has 0 fully saturated rings. The summed E-state index contributed by atoms with van der Waals surface area (Å²) in [7, 11) is 0. The fourth-order valence-electron chi connectivity index (χ4n) is 9.75. The molecule has 0 saturated heterocycles. The van der Waals surface area contributed by atoms with Gasteiger partial charge in [0, 0.05) is 43.1 Å². The highest BCUT2D eigenvalue weighted by Crippen LogP contribution is 2.51. The summed E-state index contributed by atoms with van der Waals surface area (Å²) in [6.07, 6.45) is 0. The van der Waals surface area contributed by atoms with Gasteiger partial charge in [-0.15, -0.1) is 0 Å². The van der Waals surface area contributed by atoms with Gasteiger partial charge >= 0.3 is 0 Å². The third kappa shape index (κ3) is 2.86. The Morgan fingerprint density at radius 2 is 0.580 bits per heavy atom. The Hall–Kier alpha value is -6.64. The topological polar surface area (TPSA) is 8.82 Å². The molecule has 1 aliphatic carbocycles. The fraction of sp³-hybridized carbons (Fsp3) is 0. The minimum absolute atomic E-state index is 1.25. The van der Waals surface area contributed by atoms with Crippen LogP contribution >= 0.6 is 0 Å². The van der Waals surface area contributed by atoms with Crippen LogP contribution < -0.4 is 0 Å². The van der Waals surface area contributed by atoms with Crippen LogP contribution in [0.25, 0.3) is 121 Å². The summed E-state index contributed by atoms with van der Waals surface area (Å²) < 4.78 is 5.06. The van der Waals surface area contributed by atoms with Crippen LogP contribution in [-0.2, 0) is 0 Å². The second-order valence-corrected chi connectivity index (χ2v) is 14.0. The summed E-state index contributed by atoms with van der Waals surface area (Å²) in [6.45, 7) is 0. The van der Waals surface area contributed by atoms with Crippen molar-refractivity contribution in [2.75, 3.05) is 0 Å². The quantitative estimate of drug-likeness (QED) is 0.158. The van der Waals surface area contributed by atoms with Crippen LogP contribution in [0.15, 0.2) is 158 Å². The van der Waals surface area contributed by atoms with Crippen LogP contribution in [0.1, 0.15) is 0 Å². The Bertz CT molecular complexity index is 3430. The number of benzene rings is 8. The summed E-state index contributed by atoms with van der Waals surface area (Å²) >= 11 is 0. The van der Waals surface area contributed by atoms with Crippen LogP contribution in [0, 0.1) is 0 Å². The molecule has 13 rings (SSSR count). The molecule has 0 N–H and O–H groups in total. The predicted octanol–water partition coefficient (Wildman–Crippen LogP) is 13.0. The predicted molar refractivity (Wildman–Crippen MR) is 211 cm³/mol. The van der Waals surface area contributed by atoms with E-state index in [1.165, 1.54) is 121 Å². The molecule has 0 atom stereocenters. The van der Waals surface area contributed by atoms with Crippen molar-refractivity contribution in [2.45, 2.75) is 0 Å². The molecule has 50 heavy (non-hydrogen) atoms. The molecule has 0 unspecified atom stereocenters. The minimum atomic E-state index is 1.25. The molecule has 2 nitrogen and oxygen atoms in total. The van der Waals surface area contributed by atoms with Crippen molar-refractivity contribution in [3.63, 3.8) is 0 Å². The van der Waals surface area contributed by atoms with E-state index in [9.17, 15) is 0 Å². The zero-order valence-electron chi connectivity index (χ0n) is 26.9. The van der Waals surface area contributed by atoms with Crippen molar-refractivity contribution in [3.05, 3.63) is 158 Å². The SMILES string of the molecule is c1ccc2c(c1)-c1ccccc1-c1cc3c4cccc5c6cc7c8cccc9c%10ccccc%10n(c7cc6n(c3cc1-c1ccccc1-2)c45)c98. The van der Waals surface area contributed by atoms with Crippen molar-refractivity contribution in [1.29, 1.82) is 0 Å². The second kappa shape index (κ2) is 8.68. The molecule has 12 aromatic rings. The lowest BCUT2D eigenvalue weighted by atomic mass is 9.80. The van der Waals surface area contributed by atoms with Crippen LogP contribution in [0.3, 0.4) is 0 Å². The summed E-state index contributed by atoms with van der Waals surface area (Å²) in [5.74, 6) is 0. The molecule has 4 heterocycles. The van der Waals surface area contributed by atoms with Gasteiger partial charge in [0.15, 0.2) is 0 Å². The molecular formula is C48H26N2. The zero-order chi connectivity index (χ0) is 32.2. The van der Waals surface area contributed by atoms with Gasteiger partial charge in [-0.1, -0.05) is 127 Å².